The normalized spacial score (nSPS) is 28.3. The van der Waals surface area contributed by atoms with Crippen LogP contribution in [0.3, 0.4) is 0 Å². The molecule has 15 heavy (non-hydrogen) atoms. The summed E-state index contributed by atoms with van der Waals surface area (Å²) in [6.07, 6.45) is 8.75. The third-order valence-electron chi connectivity index (χ3n) is 2.44. The van der Waals surface area contributed by atoms with Crippen LogP contribution in [0.1, 0.15) is 25.7 Å². The minimum Gasteiger partial charge on any atom is -0.352 e. The van der Waals surface area contributed by atoms with Crippen LogP contribution in [0.4, 0.5) is 4.79 Å². The Morgan fingerprint density at radius 2 is 1.87 bits per heavy atom. The molecule has 0 heterocycles. The van der Waals surface area contributed by atoms with Gasteiger partial charge in [-0.2, -0.15) is 0 Å². The second kappa shape index (κ2) is 6.81. The highest BCUT2D eigenvalue weighted by Gasteiger charge is 2.12. The number of carbonyl (C=O) groups excluding carboxylic acids is 2. The molecule has 2 atom stereocenters. The minimum atomic E-state index is -0.0391. The van der Waals surface area contributed by atoms with Crippen LogP contribution >= 0.6 is 22.6 Å². The molecule has 84 valence electrons. The molecule has 0 saturated carbocycles. The molecule has 1 aliphatic rings. The summed E-state index contributed by atoms with van der Waals surface area (Å²) in [5, 5.41) is 5.60. The van der Waals surface area contributed by atoms with Crippen LogP contribution in [0.5, 0.6) is 0 Å². The second-order valence-corrected chi connectivity index (χ2v) is 4.56. The first kappa shape index (κ1) is 12.5. The monoisotopic (exact) mass is 322 g/mol. The van der Waals surface area contributed by atoms with Crippen molar-refractivity contribution in [2.24, 2.45) is 0 Å². The van der Waals surface area contributed by atoms with Crippen molar-refractivity contribution < 1.29 is 9.59 Å². The highest BCUT2D eigenvalue weighted by atomic mass is 127. The highest BCUT2D eigenvalue weighted by molar-refractivity contribution is 14.1. The maximum absolute atomic E-state index is 10.9. The molecule has 0 aromatic rings. The summed E-state index contributed by atoms with van der Waals surface area (Å²) in [6, 6.07) is 0.210. The lowest BCUT2D eigenvalue weighted by Gasteiger charge is -2.19. The predicted octanol–water partition coefficient (Wildman–Crippen LogP) is 1.74. The van der Waals surface area contributed by atoms with Crippen molar-refractivity contribution in [2.75, 3.05) is 0 Å². The molecule has 4 nitrogen and oxygen atoms in total. The molecular weight excluding hydrogens is 307 g/mol. The third-order valence-corrected chi connectivity index (χ3v) is 2.75. The molecule has 0 aromatic heterocycles. The molecule has 2 unspecified atom stereocenters. The molecule has 2 N–H and O–H groups in total. The van der Waals surface area contributed by atoms with Gasteiger partial charge in [0.1, 0.15) is 0 Å². The lowest BCUT2D eigenvalue weighted by Crippen LogP contribution is -2.32. The molecule has 0 radical (unpaired) electrons. The Kier molecular flexibility index (Phi) is 5.67. The van der Waals surface area contributed by atoms with E-state index >= 15 is 0 Å². The Hall–Kier alpha value is -0.590. The quantitative estimate of drug-likeness (QED) is 0.273. The topological polar surface area (TPSA) is 58.2 Å². The summed E-state index contributed by atoms with van der Waals surface area (Å²) >= 11 is 1.73. The Labute approximate surface area is 103 Å². The van der Waals surface area contributed by atoms with Gasteiger partial charge < -0.3 is 10.6 Å². The third kappa shape index (κ3) is 5.15. The van der Waals surface area contributed by atoms with Crippen molar-refractivity contribution >= 4 is 32.9 Å². The van der Waals surface area contributed by atoms with Crippen molar-refractivity contribution in [1.82, 2.24) is 10.6 Å². The number of carbonyl (C=O) groups is 2. The molecule has 1 rings (SSSR count). The van der Waals surface area contributed by atoms with E-state index in [2.05, 4.69) is 10.6 Å². The van der Waals surface area contributed by atoms with Crippen LogP contribution in [0.15, 0.2) is 12.2 Å². The van der Waals surface area contributed by atoms with Crippen molar-refractivity contribution in [2.45, 2.75) is 37.8 Å². The SMILES string of the molecule is O=CNC1/C=C/C(NC(=O)I)CCCC1. The summed E-state index contributed by atoms with van der Waals surface area (Å²) in [5.74, 6) is 0. The summed E-state index contributed by atoms with van der Waals surface area (Å²) in [4.78, 5) is 21.2. The van der Waals surface area contributed by atoms with E-state index in [0.29, 0.717) is 0 Å². The van der Waals surface area contributed by atoms with Crippen molar-refractivity contribution in [1.29, 1.82) is 0 Å². The van der Waals surface area contributed by atoms with Crippen molar-refractivity contribution in [3.8, 4) is 0 Å². The first-order valence-corrected chi connectivity index (χ1v) is 6.14. The number of hydrogen-bond donors (Lipinski definition) is 2. The fourth-order valence-electron chi connectivity index (χ4n) is 1.68. The van der Waals surface area contributed by atoms with Crippen LogP contribution in [-0.2, 0) is 4.79 Å². The van der Waals surface area contributed by atoms with Crippen molar-refractivity contribution in [3.63, 3.8) is 0 Å². The maximum atomic E-state index is 10.9. The Morgan fingerprint density at radius 3 is 2.47 bits per heavy atom. The zero-order valence-electron chi connectivity index (χ0n) is 8.41. The molecule has 0 spiro atoms. The van der Waals surface area contributed by atoms with E-state index in [1.807, 2.05) is 12.2 Å². The Bertz CT molecular complexity index is 256. The van der Waals surface area contributed by atoms with Gasteiger partial charge in [-0.1, -0.05) is 25.0 Å². The van der Waals surface area contributed by atoms with E-state index in [9.17, 15) is 9.59 Å². The summed E-state index contributed by atoms with van der Waals surface area (Å²) in [7, 11) is 0. The van der Waals surface area contributed by atoms with E-state index in [0.717, 1.165) is 32.1 Å². The van der Waals surface area contributed by atoms with Crippen LogP contribution in [-0.4, -0.2) is 22.4 Å². The van der Waals surface area contributed by atoms with Gasteiger partial charge in [-0.25, -0.2) is 0 Å². The average molecular weight is 322 g/mol. The van der Waals surface area contributed by atoms with E-state index < -0.39 is 0 Å². The molecule has 0 aromatic carbocycles. The molecule has 0 fully saturated rings. The van der Waals surface area contributed by atoms with Crippen LogP contribution < -0.4 is 10.6 Å². The van der Waals surface area contributed by atoms with E-state index in [1.54, 1.807) is 22.6 Å². The number of halogens is 1. The van der Waals surface area contributed by atoms with Gasteiger partial charge in [0.15, 0.2) is 0 Å². The maximum Gasteiger partial charge on any atom is 0.281 e. The van der Waals surface area contributed by atoms with E-state index in [4.69, 9.17) is 0 Å². The second-order valence-electron chi connectivity index (χ2n) is 3.58. The lowest BCUT2D eigenvalue weighted by atomic mass is 10.00. The van der Waals surface area contributed by atoms with Gasteiger partial charge in [0.05, 0.1) is 0 Å². The number of nitrogens with one attached hydrogen (secondary N) is 2. The minimum absolute atomic E-state index is 0.0391. The van der Waals surface area contributed by atoms with Crippen LogP contribution in [0.2, 0.25) is 0 Å². The Morgan fingerprint density at radius 1 is 1.27 bits per heavy atom. The van der Waals surface area contributed by atoms with E-state index in [1.165, 1.54) is 0 Å². The molecule has 1 aliphatic carbocycles. The molecule has 0 saturated heterocycles. The summed E-state index contributed by atoms with van der Waals surface area (Å²) in [6.45, 7) is 0. The summed E-state index contributed by atoms with van der Waals surface area (Å²) < 4.78 is -0.0391. The standard InChI is InChI=1S/C10H15IN2O2/c11-10(15)13-9-4-2-1-3-8(5-6-9)12-7-14/h5-9H,1-4H2,(H,12,14)(H,13,15)/b6-5+. The number of rotatable bonds is 3. The van der Waals surface area contributed by atoms with Gasteiger partial charge in [0.2, 0.25) is 6.41 Å². The van der Waals surface area contributed by atoms with Crippen LogP contribution in [0, 0.1) is 0 Å². The van der Waals surface area contributed by atoms with Crippen molar-refractivity contribution in [3.05, 3.63) is 12.2 Å². The predicted molar refractivity (Wildman–Crippen MR) is 66.9 cm³/mol. The average Bonchev–Trinajstić information content (AvgIpc) is 2.15. The number of amides is 2. The number of hydrogen-bond acceptors (Lipinski definition) is 2. The van der Waals surface area contributed by atoms with Gasteiger partial charge in [0, 0.05) is 34.7 Å². The Balaban J connectivity index is 2.52. The zero-order valence-corrected chi connectivity index (χ0v) is 10.6. The zero-order chi connectivity index (χ0) is 11.1. The van der Waals surface area contributed by atoms with Gasteiger partial charge in [0.25, 0.3) is 3.91 Å². The first-order chi connectivity index (χ1) is 7.22. The molecule has 5 heteroatoms. The van der Waals surface area contributed by atoms with Crippen LogP contribution in [0.25, 0.3) is 0 Å². The van der Waals surface area contributed by atoms with Gasteiger partial charge in [-0.3, -0.25) is 9.59 Å². The van der Waals surface area contributed by atoms with Gasteiger partial charge >= 0.3 is 0 Å². The largest absolute Gasteiger partial charge is 0.352 e. The smallest absolute Gasteiger partial charge is 0.281 e. The summed E-state index contributed by atoms with van der Waals surface area (Å²) in [5.41, 5.74) is 0. The first-order valence-electron chi connectivity index (χ1n) is 5.06. The molecule has 0 aliphatic heterocycles. The fraction of sp³-hybridized carbons (Fsp3) is 0.600. The highest BCUT2D eigenvalue weighted by Crippen LogP contribution is 2.12. The molecule has 0 bridgehead atoms. The van der Waals surface area contributed by atoms with Gasteiger partial charge in [-0.15, -0.1) is 0 Å². The molecule has 2 amide bonds. The van der Waals surface area contributed by atoms with Gasteiger partial charge in [-0.05, 0) is 12.8 Å². The van der Waals surface area contributed by atoms with E-state index in [-0.39, 0.29) is 16.0 Å². The fourth-order valence-corrected chi connectivity index (χ4v) is 2.08. The lowest BCUT2D eigenvalue weighted by molar-refractivity contribution is -0.109. The molecular formula is C10H15IN2O2.